The van der Waals surface area contributed by atoms with Gasteiger partial charge < -0.3 is 4.74 Å². The first-order valence-corrected chi connectivity index (χ1v) is 6.40. The molecule has 18 heavy (non-hydrogen) atoms. The molecule has 0 aliphatic heterocycles. The van der Waals surface area contributed by atoms with E-state index in [4.69, 9.17) is 4.74 Å². The molecule has 0 saturated carbocycles. The molecule has 1 aromatic rings. The van der Waals surface area contributed by atoms with E-state index in [1.165, 1.54) is 11.1 Å². The van der Waals surface area contributed by atoms with Crippen molar-refractivity contribution in [2.24, 2.45) is 5.92 Å². The predicted octanol–water partition coefficient (Wildman–Crippen LogP) is 3.14. The van der Waals surface area contributed by atoms with Crippen LogP contribution in [0, 0.1) is 12.8 Å². The summed E-state index contributed by atoms with van der Waals surface area (Å²) >= 11 is 0. The van der Waals surface area contributed by atoms with Crippen LogP contribution in [0.3, 0.4) is 0 Å². The van der Waals surface area contributed by atoms with Gasteiger partial charge in [-0.3, -0.25) is 9.78 Å². The van der Waals surface area contributed by atoms with Crippen LogP contribution < -0.4 is 0 Å². The number of esters is 1. The van der Waals surface area contributed by atoms with Crippen LogP contribution in [0.25, 0.3) is 5.57 Å². The van der Waals surface area contributed by atoms with Gasteiger partial charge in [-0.05, 0) is 50.8 Å². The Kier molecular flexibility index (Phi) is 3.80. The molecule has 1 unspecified atom stereocenters. The zero-order valence-corrected chi connectivity index (χ0v) is 11.2. The number of allylic oxidation sites excluding steroid dienone is 2. The van der Waals surface area contributed by atoms with Crippen molar-refractivity contribution in [2.45, 2.75) is 33.6 Å². The van der Waals surface area contributed by atoms with Crippen molar-refractivity contribution in [1.82, 2.24) is 4.98 Å². The van der Waals surface area contributed by atoms with E-state index in [2.05, 4.69) is 18.0 Å². The van der Waals surface area contributed by atoms with Gasteiger partial charge in [-0.2, -0.15) is 0 Å². The van der Waals surface area contributed by atoms with Crippen molar-refractivity contribution in [3.8, 4) is 0 Å². The lowest BCUT2D eigenvalue weighted by molar-refractivity contribution is -0.147. The maximum atomic E-state index is 11.8. The first kappa shape index (κ1) is 12.8. The molecule has 0 aromatic carbocycles. The van der Waals surface area contributed by atoms with Crippen LogP contribution in [0.2, 0.25) is 0 Å². The minimum absolute atomic E-state index is 0.0250. The molecule has 96 valence electrons. The van der Waals surface area contributed by atoms with Crippen LogP contribution in [-0.2, 0) is 9.53 Å². The van der Waals surface area contributed by atoms with Gasteiger partial charge in [-0.25, -0.2) is 0 Å². The Morgan fingerprint density at radius 3 is 2.78 bits per heavy atom. The Morgan fingerprint density at radius 1 is 1.39 bits per heavy atom. The third-order valence-electron chi connectivity index (χ3n) is 3.36. The van der Waals surface area contributed by atoms with Crippen molar-refractivity contribution in [2.75, 3.05) is 6.61 Å². The molecular formula is C15H19NO2. The second-order valence-electron chi connectivity index (χ2n) is 4.84. The number of ether oxygens (including phenoxy) is 1. The van der Waals surface area contributed by atoms with Gasteiger partial charge >= 0.3 is 5.97 Å². The fourth-order valence-corrected chi connectivity index (χ4v) is 2.38. The van der Waals surface area contributed by atoms with E-state index in [9.17, 15) is 4.79 Å². The van der Waals surface area contributed by atoms with Gasteiger partial charge in [0.15, 0.2) is 0 Å². The zero-order valence-electron chi connectivity index (χ0n) is 11.2. The number of nitrogens with zero attached hydrogens (tertiary/aromatic N) is 1. The van der Waals surface area contributed by atoms with Crippen molar-refractivity contribution in [1.29, 1.82) is 0 Å². The molecule has 2 rings (SSSR count). The first-order valence-electron chi connectivity index (χ1n) is 6.40. The molecule has 0 amide bonds. The van der Waals surface area contributed by atoms with Gasteiger partial charge in [0.1, 0.15) is 0 Å². The van der Waals surface area contributed by atoms with Gasteiger partial charge in [0.05, 0.1) is 18.2 Å². The number of hydrogen-bond acceptors (Lipinski definition) is 3. The third-order valence-corrected chi connectivity index (χ3v) is 3.36. The van der Waals surface area contributed by atoms with E-state index < -0.39 is 0 Å². The lowest BCUT2D eigenvalue weighted by Crippen LogP contribution is -2.15. The molecule has 0 spiro atoms. The number of pyridine rings is 1. The SMILES string of the molecule is CCOC(=O)C1CC(C)=C(c2ccc(C)cn2)C1. The summed E-state index contributed by atoms with van der Waals surface area (Å²) in [7, 11) is 0. The monoisotopic (exact) mass is 245 g/mol. The largest absolute Gasteiger partial charge is 0.466 e. The Labute approximate surface area is 108 Å². The Morgan fingerprint density at radius 2 is 2.17 bits per heavy atom. The Bertz CT molecular complexity index is 474. The number of aromatic nitrogens is 1. The molecule has 1 atom stereocenters. The number of aryl methyl sites for hydroxylation is 1. The summed E-state index contributed by atoms with van der Waals surface area (Å²) in [5.41, 5.74) is 4.60. The standard InChI is InChI=1S/C15H19NO2/c1-4-18-15(17)12-7-11(3)13(8-12)14-6-5-10(2)9-16-14/h5-6,9,12H,4,7-8H2,1-3H3. The minimum Gasteiger partial charge on any atom is -0.466 e. The normalized spacial score (nSPS) is 19.2. The van der Waals surface area contributed by atoms with Gasteiger partial charge in [-0.1, -0.05) is 11.6 Å². The van der Waals surface area contributed by atoms with Crippen molar-refractivity contribution in [3.63, 3.8) is 0 Å². The van der Waals surface area contributed by atoms with E-state index in [-0.39, 0.29) is 11.9 Å². The fourth-order valence-electron chi connectivity index (χ4n) is 2.38. The lowest BCUT2D eigenvalue weighted by Gasteiger charge is -2.08. The molecule has 1 aliphatic carbocycles. The van der Waals surface area contributed by atoms with Gasteiger partial charge in [0, 0.05) is 6.20 Å². The van der Waals surface area contributed by atoms with Crippen molar-refractivity contribution >= 4 is 11.5 Å². The smallest absolute Gasteiger partial charge is 0.309 e. The summed E-state index contributed by atoms with van der Waals surface area (Å²) in [6.45, 7) is 6.40. The topological polar surface area (TPSA) is 39.2 Å². The van der Waals surface area contributed by atoms with Crippen LogP contribution in [-0.4, -0.2) is 17.6 Å². The highest BCUT2D eigenvalue weighted by molar-refractivity contribution is 5.80. The van der Waals surface area contributed by atoms with E-state index in [0.717, 1.165) is 24.1 Å². The third kappa shape index (κ3) is 2.61. The molecule has 0 bridgehead atoms. The van der Waals surface area contributed by atoms with Crippen LogP contribution in [0.5, 0.6) is 0 Å². The van der Waals surface area contributed by atoms with Crippen LogP contribution in [0.4, 0.5) is 0 Å². The number of carbonyl (C=O) groups is 1. The predicted molar refractivity (Wildman–Crippen MR) is 70.9 cm³/mol. The van der Waals surface area contributed by atoms with Gasteiger partial charge in [0.2, 0.25) is 0 Å². The van der Waals surface area contributed by atoms with Crippen LogP contribution in [0.1, 0.15) is 37.9 Å². The maximum Gasteiger partial charge on any atom is 0.309 e. The summed E-state index contributed by atoms with van der Waals surface area (Å²) < 4.78 is 5.09. The summed E-state index contributed by atoms with van der Waals surface area (Å²) in [5, 5.41) is 0. The quantitative estimate of drug-likeness (QED) is 0.768. The highest BCUT2D eigenvalue weighted by atomic mass is 16.5. The maximum absolute atomic E-state index is 11.8. The van der Waals surface area contributed by atoms with Crippen molar-refractivity contribution < 1.29 is 9.53 Å². The van der Waals surface area contributed by atoms with E-state index >= 15 is 0 Å². The summed E-state index contributed by atoms with van der Waals surface area (Å²) in [6.07, 6.45) is 3.41. The number of carbonyl (C=O) groups excluding carboxylic acids is 1. The Hall–Kier alpha value is -1.64. The second-order valence-corrected chi connectivity index (χ2v) is 4.84. The highest BCUT2D eigenvalue weighted by Crippen LogP contribution is 2.37. The first-order chi connectivity index (χ1) is 8.61. The van der Waals surface area contributed by atoms with E-state index in [1.54, 1.807) is 0 Å². The molecule has 1 heterocycles. The molecule has 3 nitrogen and oxygen atoms in total. The molecule has 1 aromatic heterocycles. The van der Waals surface area contributed by atoms with Crippen LogP contribution in [0.15, 0.2) is 23.9 Å². The minimum atomic E-state index is -0.0843. The van der Waals surface area contributed by atoms with E-state index in [0.29, 0.717) is 6.61 Å². The average molecular weight is 245 g/mol. The van der Waals surface area contributed by atoms with Gasteiger partial charge in [-0.15, -0.1) is 0 Å². The van der Waals surface area contributed by atoms with Crippen molar-refractivity contribution in [3.05, 3.63) is 35.2 Å². The zero-order chi connectivity index (χ0) is 13.1. The number of rotatable bonds is 3. The Balaban J connectivity index is 2.13. The van der Waals surface area contributed by atoms with Gasteiger partial charge in [0.25, 0.3) is 0 Å². The average Bonchev–Trinajstić information content (AvgIpc) is 2.73. The fraction of sp³-hybridized carbons (Fsp3) is 0.467. The molecule has 0 radical (unpaired) electrons. The van der Waals surface area contributed by atoms with E-state index in [1.807, 2.05) is 26.1 Å². The summed E-state index contributed by atoms with van der Waals surface area (Å²) in [6, 6.07) is 4.09. The summed E-state index contributed by atoms with van der Waals surface area (Å²) in [5.74, 6) is -0.109. The lowest BCUT2D eigenvalue weighted by atomic mass is 10.0. The highest BCUT2D eigenvalue weighted by Gasteiger charge is 2.29. The number of hydrogen-bond donors (Lipinski definition) is 0. The molecular weight excluding hydrogens is 226 g/mol. The molecule has 0 saturated heterocycles. The summed E-state index contributed by atoms with van der Waals surface area (Å²) in [4.78, 5) is 16.2. The molecule has 0 N–H and O–H groups in total. The molecule has 3 heteroatoms. The van der Waals surface area contributed by atoms with Crippen LogP contribution >= 0.6 is 0 Å². The second kappa shape index (κ2) is 5.34. The molecule has 0 fully saturated rings. The molecule has 1 aliphatic rings.